The maximum Gasteiger partial charge on any atom is 0.387 e. The number of aromatic nitrogens is 1. The minimum absolute atomic E-state index is 0.103. The van der Waals surface area contributed by atoms with Crippen LogP contribution in [-0.2, 0) is 29.1 Å². The highest BCUT2D eigenvalue weighted by molar-refractivity contribution is 7.09. The minimum Gasteiger partial charge on any atom is -0.455 e. The summed E-state index contributed by atoms with van der Waals surface area (Å²) in [5, 5.41) is 5.07. The number of rotatable bonds is 9. The number of hydrogen-bond donors (Lipinski definition) is 1. The molecule has 1 amide bonds. The van der Waals surface area contributed by atoms with Gasteiger partial charge in [-0.15, -0.1) is 11.3 Å². The van der Waals surface area contributed by atoms with E-state index in [1.807, 2.05) is 30.3 Å². The number of esters is 1. The van der Waals surface area contributed by atoms with Crippen molar-refractivity contribution < 1.29 is 27.8 Å². The molecule has 2 aromatic carbocycles. The highest BCUT2D eigenvalue weighted by Crippen LogP contribution is 2.22. The molecular weight excluding hydrogens is 414 g/mol. The minimum atomic E-state index is -3.05. The van der Waals surface area contributed by atoms with Crippen LogP contribution in [-0.4, -0.2) is 23.5 Å². The Morgan fingerprint density at radius 1 is 1.07 bits per heavy atom. The Balaban J connectivity index is 1.50. The molecule has 9 heteroatoms. The summed E-state index contributed by atoms with van der Waals surface area (Å²) in [5.41, 5.74) is 1.36. The van der Waals surface area contributed by atoms with Gasteiger partial charge < -0.3 is 14.8 Å². The first-order chi connectivity index (χ1) is 14.5. The van der Waals surface area contributed by atoms with Crippen LogP contribution in [0.4, 0.5) is 8.78 Å². The zero-order valence-electron chi connectivity index (χ0n) is 15.7. The van der Waals surface area contributed by atoms with E-state index < -0.39 is 12.6 Å². The molecule has 0 aliphatic rings. The first-order valence-corrected chi connectivity index (χ1v) is 9.84. The zero-order chi connectivity index (χ0) is 21.3. The van der Waals surface area contributed by atoms with Gasteiger partial charge in [-0.2, -0.15) is 8.78 Å². The number of carbonyl (C=O) groups is 2. The van der Waals surface area contributed by atoms with Crippen molar-refractivity contribution in [3.05, 3.63) is 81.8 Å². The van der Waals surface area contributed by atoms with E-state index in [-0.39, 0.29) is 30.2 Å². The Morgan fingerprint density at radius 2 is 1.80 bits per heavy atom. The maximum atomic E-state index is 12.5. The number of halogens is 2. The average Bonchev–Trinajstić information content (AvgIpc) is 3.18. The molecule has 6 nitrogen and oxygen atoms in total. The third kappa shape index (κ3) is 6.35. The van der Waals surface area contributed by atoms with E-state index in [2.05, 4.69) is 15.0 Å². The van der Waals surface area contributed by atoms with Crippen LogP contribution >= 0.6 is 11.3 Å². The molecule has 0 aliphatic heterocycles. The zero-order valence-corrected chi connectivity index (χ0v) is 16.5. The normalized spacial score (nSPS) is 10.6. The van der Waals surface area contributed by atoms with Crippen LogP contribution in [0.15, 0.2) is 60.0 Å². The topological polar surface area (TPSA) is 77.5 Å². The number of thiazole rings is 1. The van der Waals surface area contributed by atoms with E-state index >= 15 is 0 Å². The summed E-state index contributed by atoms with van der Waals surface area (Å²) >= 11 is 1.27. The first kappa shape index (κ1) is 21.4. The number of para-hydroxylation sites is 1. The highest BCUT2D eigenvalue weighted by Gasteiger charge is 2.17. The number of ether oxygens (including phenoxy) is 2. The van der Waals surface area contributed by atoms with Gasteiger partial charge in [0.15, 0.2) is 0 Å². The molecule has 1 N–H and O–H groups in total. The Morgan fingerprint density at radius 3 is 2.57 bits per heavy atom. The van der Waals surface area contributed by atoms with Crippen LogP contribution in [0, 0.1) is 0 Å². The van der Waals surface area contributed by atoms with Crippen LogP contribution in [0.2, 0.25) is 0 Å². The quantitative estimate of drug-likeness (QED) is 0.518. The van der Waals surface area contributed by atoms with Gasteiger partial charge in [0, 0.05) is 11.9 Å². The van der Waals surface area contributed by atoms with Gasteiger partial charge in [-0.3, -0.25) is 4.79 Å². The number of hydrogen-bond acceptors (Lipinski definition) is 6. The molecule has 156 valence electrons. The summed E-state index contributed by atoms with van der Waals surface area (Å²) in [7, 11) is 0. The number of nitrogens with zero attached hydrogens (tertiary/aromatic N) is 1. The molecular formula is C21H18F2N2O4S. The number of amides is 1. The summed E-state index contributed by atoms with van der Waals surface area (Å²) < 4.78 is 34.4. The molecule has 1 aromatic heterocycles. The fraction of sp³-hybridized carbons (Fsp3) is 0.190. The van der Waals surface area contributed by atoms with Gasteiger partial charge in [0.05, 0.1) is 12.1 Å². The largest absolute Gasteiger partial charge is 0.455 e. The number of nitrogens with one attached hydrogen (secondary N) is 1. The van der Waals surface area contributed by atoms with E-state index in [9.17, 15) is 18.4 Å². The van der Waals surface area contributed by atoms with Gasteiger partial charge in [0.2, 0.25) is 5.91 Å². The summed E-state index contributed by atoms with van der Waals surface area (Å²) in [6.45, 7) is -2.77. The van der Waals surface area contributed by atoms with E-state index in [0.29, 0.717) is 17.2 Å². The highest BCUT2D eigenvalue weighted by atomic mass is 32.1. The lowest BCUT2D eigenvalue weighted by Gasteiger charge is -2.09. The second-order valence-electron chi connectivity index (χ2n) is 6.12. The molecule has 0 saturated carbocycles. The van der Waals surface area contributed by atoms with Crippen molar-refractivity contribution >= 4 is 23.2 Å². The number of carbonyl (C=O) groups excluding carboxylic acids is 2. The standard InChI is InChI=1S/C21H18F2N2O4S/c22-21(23)29-17-9-5-4-8-16(17)20(27)28-12-15-13-30-19(25-15)10-18(26)24-11-14-6-2-1-3-7-14/h1-9,13,21H,10-12H2,(H,24,26). The van der Waals surface area contributed by atoms with Gasteiger partial charge >= 0.3 is 12.6 Å². The van der Waals surface area contributed by atoms with Crippen LogP contribution < -0.4 is 10.1 Å². The van der Waals surface area contributed by atoms with E-state index in [1.165, 1.54) is 35.6 Å². The first-order valence-electron chi connectivity index (χ1n) is 8.96. The van der Waals surface area contributed by atoms with Crippen LogP contribution in [0.25, 0.3) is 0 Å². The molecule has 30 heavy (non-hydrogen) atoms. The summed E-state index contributed by atoms with van der Waals surface area (Å²) in [6, 6.07) is 15.1. The lowest BCUT2D eigenvalue weighted by Crippen LogP contribution is -2.24. The molecule has 0 atom stereocenters. The SMILES string of the molecule is O=C(Cc1nc(COC(=O)c2ccccc2OC(F)F)cs1)NCc1ccccc1. The van der Waals surface area contributed by atoms with E-state index in [0.717, 1.165) is 5.56 Å². The predicted octanol–water partition coefficient (Wildman–Crippen LogP) is 3.96. The molecule has 3 rings (SSSR count). The third-order valence-electron chi connectivity index (χ3n) is 3.92. The van der Waals surface area contributed by atoms with E-state index in [4.69, 9.17) is 4.74 Å². The third-order valence-corrected chi connectivity index (χ3v) is 4.82. The van der Waals surface area contributed by atoms with Crippen molar-refractivity contribution in [2.75, 3.05) is 0 Å². The number of benzene rings is 2. The predicted molar refractivity (Wildman–Crippen MR) is 106 cm³/mol. The van der Waals surface area contributed by atoms with Crippen molar-refractivity contribution in [3.8, 4) is 5.75 Å². The smallest absolute Gasteiger partial charge is 0.387 e. The molecule has 3 aromatic rings. The molecule has 0 saturated heterocycles. The lowest BCUT2D eigenvalue weighted by molar-refractivity contribution is -0.120. The van der Waals surface area contributed by atoms with Crippen molar-refractivity contribution in [1.82, 2.24) is 10.3 Å². The molecule has 0 spiro atoms. The Hall–Kier alpha value is -3.33. The summed E-state index contributed by atoms with van der Waals surface area (Å²) in [5.74, 6) is -1.23. The molecule has 1 heterocycles. The van der Waals surface area contributed by atoms with Gasteiger partial charge in [-0.05, 0) is 17.7 Å². The van der Waals surface area contributed by atoms with Crippen LogP contribution in [0.1, 0.15) is 26.6 Å². The Labute approximate surface area is 175 Å². The molecule has 0 fully saturated rings. The van der Waals surface area contributed by atoms with Gasteiger partial charge in [-0.25, -0.2) is 9.78 Å². The monoisotopic (exact) mass is 432 g/mol. The molecule has 0 aliphatic carbocycles. The fourth-order valence-corrected chi connectivity index (χ4v) is 3.32. The maximum absolute atomic E-state index is 12.5. The lowest BCUT2D eigenvalue weighted by atomic mass is 10.2. The van der Waals surface area contributed by atoms with Gasteiger partial charge in [-0.1, -0.05) is 42.5 Å². The van der Waals surface area contributed by atoms with Crippen molar-refractivity contribution in [1.29, 1.82) is 0 Å². The Kier molecular flexibility index (Phi) is 7.45. The van der Waals surface area contributed by atoms with Crippen LogP contribution in [0.3, 0.4) is 0 Å². The van der Waals surface area contributed by atoms with Gasteiger partial charge in [0.1, 0.15) is 22.9 Å². The van der Waals surface area contributed by atoms with Crippen molar-refractivity contribution in [3.63, 3.8) is 0 Å². The fourth-order valence-electron chi connectivity index (χ4n) is 2.54. The van der Waals surface area contributed by atoms with Gasteiger partial charge in [0.25, 0.3) is 0 Å². The van der Waals surface area contributed by atoms with Crippen molar-refractivity contribution in [2.24, 2.45) is 0 Å². The van der Waals surface area contributed by atoms with E-state index in [1.54, 1.807) is 5.38 Å². The second-order valence-corrected chi connectivity index (χ2v) is 7.07. The summed E-state index contributed by atoms with van der Waals surface area (Å²) in [6.07, 6.45) is 0.108. The van der Waals surface area contributed by atoms with Crippen LogP contribution in [0.5, 0.6) is 5.75 Å². The van der Waals surface area contributed by atoms with Crippen molar-refractivity contribution in [2.45, 2.75) is 26.2 Å². The average molecular weight is 432 g/mol. The number of alkyl halides is 2. The molecule has 0 radical (unpaired) electrons. The Bertz CT molecular complexity index is 995. The molecule has 0 bridgehead atoms. The molecule has 0 unspecified atom stereocenters. The summed E-state index contributed by atoms with van der Waals surface area (Å²) in [4.78, 5) is 28.5. The second kappa shape index (κ2) is 10.4.